The smallest absolute Gasteiger partial charge is 0.259 e. The van der Waals surface area contributed by atoms with Crippen molar-refractivity contribution in [3.63, 3.8) is 0 Å². The van der Waals surface area contributed by atoms with Crippen molar-refractivity contribution < 1.29 is 22.7 Å². The lowest BCUT2D eigenvalue weighted by Gasteiger charge is -2.11. The van der Waals surface area contributed by atoms with Crippen LogP contribution < -0.4 is 19.9 Å². The second-order valence-corrected chi connectivity index (χ2v) is 7.58. The molecule has 1 aromatic heterocycles. The van der Waals surface area contributed by atoms with E-state index in [4.69, 9.17) is 14.6 Å². The SMILES string of the molecule is COc1ccc(S(N)(=O)=O)cc1C(=O)Nc1ccc(OCc2ccccc2)nc1. The van der Waals surface area contributed by atoms with Crippen molar-refractivity contribution in [2.75, 3.05) is 12.4 Å². The number of nitrogens with one attached hydrogen (secondary N) is 1. The van der Waals surface area contributed by atoms with E-state index in [-0.39, 0.29) is 16.2 Å². The van der Waals surface area contributed by atoms with Gasteiger partial charge < -0.3 is 14.8 Å². The van der Waals surface area contributed by atoms with Crippen molar-refractivity contribution in [1.82, 2.24) is 4.98 Å². The highest BCUT2D eigenvalue weighted by atomic mass is 32.2. The van der Waals surface area contributed by atoms with E-state index < -0.39 is 15.9 Å². The fourth-order valence-corrected chi connectivity index (χ4v) is 3.05. The Balaban J connectivity index is 1.71. The third kappa shape index (κ3) is 5.31. The van der Waals surface area contributed by atoms with Gasteiger partial charge >= 0.3 is 0 Å². The van der Waals surface area contributed by atoms with Crippen LogP contribution in [0.15, 0.2) is 71.8 Å². The van der Waals surface area contributed by atoms with Crippen molar-refractivity contribution in [1.29, 1.82) is 0 Å². The molecule has 0 aliphatic rings. The number of carbonyl (C=O) groups excluding carboxylic acids is 1. The molecule has 9 heteroatoms. The Morgan fingerprint density at radius 3 is 2.48 bits per heavy atom. The molecule has 29 heavy (non-hydrogen) atoms. The maximum absolute atomic E-state index is 12.6. The first-order chi connectivity index (χ1) is 13.9. The number of sulfonamides is 1. The number of rotatable bonds is 7. The van der Waals surface area contributed by atoms with Gasteiger partial charge in [0.15, 0.2) is 0 Å². The lowest BCUT2D eigenvalue weighted by molar-refractivity contribution is 0.102. The molecule has 3 rings (SSSR count). The van der Waals surface area contributed by atoms with Crippen molar-refractivity contribution in [3.05, 3.63) is 78.0 Å². The van der Waals surface area contributed by atoms with Crippen LogP contribution >= 0.6 is 0 Å². The number of nitrogens with zero attached hydrogens (tertiary/aromatic N) is 1. The zero-order valence-electron chi connectivity index (χ0n) is 15.5. The highest BCUT2D eigenvalue weighted by Crippen LogP contribution is 2.23. The van der Waals surface area contributed by atoms with Crippen molar-refractivity contribution in [2.45, 2.75) is 11.5 Å². The van der Waals surface area contributed by atoms with Crippen molar-refractivity contribution in [3.8, 4) is 11.6 Å². The molecule has 0 fully saturated rings. The minimum atomic E-state index is -3.96. The van der Waals surface area contributed by atoms with Gasteiger partial charge in [0.05, 0.1) is 29.5 Å². The van der Waals surface area contributed by atoms with Gasteiger partial charge in [-0.2, -0.15) is 0 Å². The fourth-order valence-electron chi connectivity index (χ4n) is 2.51. The summed E-state index contributed by atoms with van der Waals surface area (Å²) < 4.78 is 33.8. The van der Waals surface area contributed by atoms with E-state index >= 15 is 0 Å². The summed E-state index contributed by atoms with van der Waals surface area (Å²) in [7, 11) is -2.58. The predicted molar refractivity (Wildman–Crippen MR) is 107 cm³/mol. The van der Waals surface area contributed by atoms with E-state index in [1.54, 1.807) is 12.1 Å². The average Bonchev–Trinajstić information content (AvgIpc) is 2.73. The maximum atomic E-state index is 12.6. The molecule has 2 aromatic carbocycles. The number of ether oxygens (including phenoxy) is 2. The monoisotopic (exact) mass is 413 g/mol. The topological polar surface area (TPSA) is 121 Å². The third-order valence-electron chi connectivity index (χ3n) is 3.97. The summed E-state index contributed by atoms with van der Waals surface area (Å²) in [5.74, 6) is 0.0541. The molecule has 150 valence electrons. The molecule has 1 amide bonds. The molecule has 0 atom stereocenters. The van der Waals surface area contributed by atoms with E-state index in [9.17, 15) is 13.2 Å². The van der Waals surface area contributed by atoms with Gasteiger partial charge in [-0.05, 0) is 29.8 Å². The van der Waals surface area contributed by atoms with E-state index in [2.05, 4.69) is 10.3 Å². The summed E-state index contributed by atoms with van der Waals surface area (Å²) in [5.41, 5.74) is 1.45. The summed E-state index contributed by atoms with van der Waals surface area (Å²) in [6.45, 7) is 0.372. The fraction of sp³-hybridized carbons (Fsp3) is 0.100. The van der Waals surface area contributed by atoms with Crippen molar-refractivity contribution in [2.24, 2.45) is 5.14 Å². The van der Waals surface area contributed by atoms with E-state index in [0.29, 0.717) is 18.2 Å². The molecule has 0 aliphatic heterocycles. The second kappa shape index (κ2) is 8.72. The van der Waals surface area contributed by atoms with Gasteiger partial charge in [0.2, 0.25) is 15.9 Å². The van der Waals surface area contributed by atoms with Gasteiger partial charge in [0.1, 0.15) is 12.4 Å². The van der Waals surface area contributed by atoms with Gasteiger partial charge in [-0.3, -0.25) is 4.79 Å². The Kier molecular flexibility index (Phi) is 6.10. The molecule has 8 nitrogen and oxygen atoms in total. The Morgan fingerprint density at radius 1 is 1.10 bits per heavy atom. The summed E-state index contributed by atoms with van der Waals surface area (Å²) in [5, 5.41) is 7.77. The van der Waals surface area contributed by atoms with Gasteiger partial charge in [-0.15, -0.1) is 0 Å². The van der Waals surface area contributed by atoms with Gasteiger partial charge in [-0.25, -0.2) is 18.5 Å². The van der Waals surface area contributed by atoms with Crippen molar-refractivity contribution >= 4 is 21.6 Å². The summed E-state index contributed by atoms with van der Waals surface area (Å²) >= 11 is 0. The summed E-state index contributed by atoms with van der Waals surface area (Å²) in [6.07, 6.45) is 1.44. The maximum Gasteiger partial charge on any atom is 0.259 e. The van der Waals surface area contributed by atoms with Crippen LogP contribution in [-0.4, -0.2) is 26.4 Å². The molecule has 3 aromatic rings. The number of carbonyl (C=O) groups is 1. The highest BCUT2D eigenvalue weighted by molar-refractivity contribution is 7.89. The summed E-state index contributed by atoms with van der Waals surface area (Å²) in [6, 6.07) is 16.7. The molecule has 0 saturated heterocycles. The first-order valence-electron chi connectivity index (χ1n) is 8.52. The zero-order chi connectivity index (χ0) is 20.9. The molecule has 0 spiro atoms. The largest absolute Gasteiger partial charge is 0.496 e. The van der Waals surface area contributed by atoms with Crippen LogP contribution in [0.1, 0.15) is 15.9 Å². The van der Waals surface area contributed by atoms with Crippen LogP contribution in [-0.2, 0) is 16.6 Å². The molecule has 3 N–H and O–H groups in total. The number of benzene rings is 2. The van der Waals surface area contributed by atoms with Gasteiger partial charge in [-0.1, -0.05) is 30.3 Å². The molecule has 1 heterocycles. The summed E-state index contributed by atoms with van der Waals surface area (Å²) in [4.78, 5) is 16.5. The number of amides is 1. The second-order valence-electron chi connectivity index (χ2n) is 6.02. The van der Waals surface area contributed by atoms with Crippen LogP contribution in [0.2, 0.25) is 0 Å². The Bertz CT molecular complexity index is 1100. The van der Waals surface area contributed by atoms with E-state index in [1.165, 1.54) is 25.4 Å². The molecular formula is C20H19N3O5S. The Labute approximate surface area is 168 Å². The number of primary sulfonamides is 1. The third-order valence-corrected chi connectivity index (χ3v) is 4.88. The predicted octanol–water partition coefficient (Wildman–Crippen LogP) is 2.57. The Morgan fingerprint density at radius 2 is 1.86 bits per heavy atom. The van der Waals surface area contributed by atoms with Gasteiger partial charge in [0, 0.05) is 6.07 Å². The number of nitrogens with two attached hydrogens (primary N) is 1. The number of methoxy groups -OCH3 is 1. The minimum absolute atomic E-state index is 0.0310. The first-order valence-corrected chi connectivity index (χ1v) is 10.1. The van der Waals surface area contributed by atoms with Crippen LogP contribution in [0.3, 0.4) is 0 Å². The lowest BCUT2D eigenvalue weighted by Crippen LogP contribution is -2.17. The average molecular weight is 413 g/mol. The van der Waals surface area contributed by atoms with E-state index in [1.807, 2.05) is 30.3 Å². The Hall–Kier alpha value is -3.43. The quantitative estimate of drug-likeness (QED) is 0.614. The van der Waals surface area contributed by atoms with Crippen LogP contribution in [0.25, 0.3) is 0 Å². The van der Waals surface area contributed by atoms with Gasteiger partial charge in [0.25, 0.3) is 5.91 Å². The number of aromatic nitrogens is 1. The normalized spacial score (nSPS) is 11.0. The number of pyridine rings is 1. The number of anilines is 1. The van der Waals surface area contributed by atoms with Crippen LogP contribution in [0.5, 0.6) is 11.6 Å². The number of hydrogen-bond acceptors (Lipinski definition) is 6. The highest BCUT2D eigenvalue weighted by Gasteiger charge is 2.17. The molecule has 0 radical (unpaired) electrons. The first kappa shape index (κ1) is 20.3. The van der Waals surface area contributed by atoms with Crippen LogP contribution in [0, 0.1) is 0 Å². The van der Waals surface area contributed by atoms with Crippen LogP contribution in [0.4, 0.5) is 5.69 Å². The number of hydrogen-bond donors (Lipinski definition) is 2. The molecule has 0 unspecified atom stereocenters. The minimum Gasteiger partial charge on any atom is -0.496 e. The van der Waals surface area contributed by atoms with E-state index in [0.717, 1.165) is 11.6 Å². The standard InChI is InChI=1S/C20H19N3O5S/c1-27-18-9-8-16(29(21,25)26)11-17(18)20(24)23-15-7-10-19(22-12-15)28-13-14-5-3-2-4-6-14/h2-12H,13H2,1H3,(H,23,24)(H2,21,25,26). The molecule has 0 aliphatic carbocycles. The molecule has 0 bridgehead atoms. The zero-order valence-corrected chi connectivity index (χ0v) is 16.3. The lowest BCUT2D eigenvalue weighted by atomic mass is 10.2. The molecule has 0 saturated carbocycles. The molecular weight excluding hydrogens is 394 g/mol.